The van der Waals surface area contributed by atoms with Crippen molar-refractivity contribution < 1.29 is 4.79 Å². The fraction of sp³-hybridized carbons (Fsp3) is 0.800. The molecule has 1 aliphatic rings. The van der Waals surface area contributed by atoms with Crippen LogP contribution >= 0.6 is 0 Å². The van der Waals surface area contributed by atoms with Gasteiger partial charge in [-0.05, 0) is 13.5 Å². The minimum atomic E-state index is 0.312. The van der Waals surface area contributed by atoms with E-state index < -0.39 is 0 Å². The molecule has 1 amide bonds. The minimum Gasteiger partial charge on any atom is -0.343 e. The van der Waals surface area contributed by atoms with Gasteiger partial charge in [0.15, 0.2) is 0 Å². The molecule has 0 aromatic carbocycles. The van der Waals surface area contributed by atoms with E-state index in [0.29, 0.717) is 6.17 Å². The second-order valence-electron chi connectivity index (χ2n) is 2.07. The molecule has 1 atom stereocenters. The number of carbonyl (C=O) groups excluding carboxylic acids is 1. The van der Waals surface area contributed by atoms with E-state index in [1.165, 1.54) is 0 Å². The summed E-state index contributed by atoms with van der Waals surface area (Å²) in [4.78, 5) is 11.9. The Hall–Kier alpha value is -0.570. The standard InChI is InChI=1S/C5H10N2O/c1-7-3-2-5(7)6-4-8/h4-5H,2-3H2,1H3,(H,6,8). The summed E-state index contributed by atoms with van der Waals surface area (Å²) in [6, 6.07) is 0. The van der Waals surface area contributed by atoms with Gasteiger partial charge in [-0.15, -0.1) is 0 Å². The number of hydrogen-bond donors (Lipinski definition) is 1. The van der Waals surface area contributed by atoms with E-state index in [0.717, 1.165) is 19.4 Å². The van der Waals surface area contributed by atoms with Gasteiger partial charge in [-0.1, -0.05) is 0 Å². The van der Waals surface area contributed by atoms with Gasteiger partial charge >= 0.3 is 0 Å². The van der Waals surface area contributed by atoms with Crippen LogP contribution in [0.15, 0.2) is 0 Å². The molecule has 3 nitrogen and oxygen atoms in total. The van der Waals surface area contributed by atoms with Gasteiger partial charge in [0, 0.05) is 6.54 Å². The lowest BCUT2D eigenvalue weighted by molar-refractivity contribution is -0.112. The summed E-state index contributed by atoms with van der Waals surface area (Å²) in [5, 5.41) is 2.68. The molecule has 8 heavy (non-hydrogen) atoms. The van der Waals surface area contributed by atoms with Crippen LogP contribution in [0.1, 0.15) is 6.42 Å². The van der Waals surface area contributed by atoms with Crippen LogP contribution < -0.4 is 5.32 Å². The smallest absolute Gasteiger partial charge is 0.208 e. The molecule has 0 radical (unpaired) electrons. The van der Waals surface area contributed by atoms with E-state index in [1.807, 2.05) is 7.05 Å². The van der Waals surface area contributed by atoms with Crippen LogP contribution in [0.2, 0.25) is 0 Å². The summed E-state index contributed by atoms with van der Waals surface area (Å²) in [6.07, 6.45) is 2.16. The quantitative estimate of drug-likeness (QED) is 0.486. The number of nitrogens with zero attached hydrogens (tertiary/aromatic N) is 1. The third-order valence-corrected chi connectivity index (χ3v) is 1.55. The zero-order valence-electron chi connectivity index (χ0n) is 4.92. The van der Waals surface area contributed by atoms with Crippen molar-refractivity contribution in [3.63, 3.8) is 0 Å². The Morgan fingerprint density at radius 1 is 1.88 bits per heavy atom. The molecule has 0 saturated carbocycles. The molecule has 1 heterocycles. The molecule has 0 bridgehead atoms. The van der Waals surface area contributed by atoms with Gasteiger partial charge in [0.05, 0.1) is 6.17 Å². The van der Waals surface area contributed by atoms with Crippen LogP contribution in [-0.4, -0.2) is 31.1 Å². The molecule has 0 spiro atoms. The molecule has 0 aromatic heterocycles. The maximum atomic E-state index is 9.82. The van der Waals surface area contributed by atoms with Crippen molar-refractivity contribution in [3.05, 3.63) is 0 Å². The SMILES string of the molecule is CN1CCC1NC=O. The van der Waals surface area contributed by atoms with E-state index in [2.05, 4.69) is 10.2 Å². The number of likely N-dealkylation sites (tertiary alicyclic amines) is 1. The van der Waals surface area contributed by atoms with Crippen molar-refractivity contribution in [2.45, 2.75) is 12.6 Å². The average Bonchev–Trinajstić information content (AvgIpc) is 1.79. The molecule has 1 N–H and O–H groups in total. The summed E-state index contributed by atoms with van der Waals surface area (Å²) in [7, 11) is 1.99. The highest BCUT2D eigenvalue weighted by Crippen LogP contribution is 2.09. The predicted molar refractivity (Wildman–Crippen MR) is 30.2 cm³/mol. The van der Waals surface area contributed by atoms with Crippen molar-refractivity contribution in [3.8, 4) is 0 Å². The van der Waals surface area contributed by atoms with Crippen molar-refractivity contribution in [2.24, 2.45) is 0 Å². The molecule has 1 fully saturated rings. The van der Waals surface area contributed by atoms with E-state index in [-0.39, 0.29) is 0 Å². The molecule has 1 aliphatic heterocycles. The van der Waals surface area contributed by atoms with Gasteiger partial charge in [-0.2, -0.15) is 0 Å². The fourth-order valence-electron chi connectivity index (χ4n) is 0.806. The van der Waals surface area contributed by atoms with Gasteiger partial charge in [-0.25, -0.2) is 0 Å². The molecule has 0 aliphatic carbocycles. The summed E-state index contributed by atoms with van der Waals surface area (Å²) in [6.45, 7) is 1.10. The van der Waals surface area contributed by atoms with Crippen LogP contribution in [0.3, 0.4) is 0 Å². The number of carbonyl (C=O) groups is 1. The Labute approximate surface area is 48.7 Å². The summed E-state index contributed by atoms with van der Waals surface area (Å²) in [5.74, 6) is 0. The Kier molecular flexibility index (Phi) is 1.48. The zero-order chi connectivity index (χ0) is 5.98. The first-order valence-electron chi connectivity index (χ1n) is 2.74. The Balaban J connectivity index is 2.16. The lowest BCUT2D eigenvalue weighted by Gasteiger charge is -2.36. The minimum absolute atomic E-state index is 0.312. The first kappa shape index (κ1) is 5.56. The van der Waals surface area contributed by atoms with Crippen molar-refractivity contribution in [1.29, 1.82) is 0 Å². The second-order valence-corrected chi connectivity index (χ2v) is 2.07. The maximum Gasteiger partial charge on any atom is 0.208 e. The number of amides is 1. The van der Waals surface area contributed by atoms with Gasteiger partial charge in [0.25, 0.3) is 0 Å². The third kappa shape index (κ3) is 0.816. The fourth-order valence-corrected chi connectivity index (χ4v) is 0.806. The van der Waals surface area contributed by atoms with Crippen molar-refractivity contribution >= 4 is 6.41 Å². The molecule has 46 valence electrons. The Bertz CT molecular complexity index is 94.4. The molecule has 1 rings (SSSR count). The van der Waals surface area contributed by atoms with Crippen LogP contribution in [0.4, 0.5) is 0 Å². The summed E-state index contributed by atoms with van der Waals surface area (Å²) >= 11 is 0. The first-order valence-corrected chi connectivity index (χ1v) is 2.74. The van der Waals surface area contributed by atoms with Crippen LogP contribution in [0, 0.1) is 0 Å². The lowest BCUT2D eigenvalue weighted by atomic mass is 10.2. The van der Waals surface area contributed by atoms with Gasteiger partial charge in [0.1, 0.15) is 0 Å². The predicted octanol–water partition coefficient (Wildman–Crippen LogP) is -0.606. The molecule has 3 heteroatoms. The number of hydrogen-bond acceptors (Lipinski definition) is 2. The molecular formula is C5H10N2O. The van der Waals surface area contributed by atoms with Crippen molar-refractivity contribution in [2.75, 3.05) is 13.6 Å². The van der Waals surface area contributed by atoms with Crippen molar-refractivity contribution in [1.82, 2.24) is 10.2 Å². The molecule has 1 unspecified atom stereocenters. The maximum absolute atomic E-state index is 9.82. The van der Waals surface area contributed by atoms with E-state index in [4.69, 9.17) is 0 Å². The highest BCUT2D eigenvalue weighted by molar-refractivity contribution is 5.46. The normalized spacial score (nSPS) is 28.9. The van der Waals surface area contributed by atoms with Crippen LogP contribution in [0.5, 0.6) is 0 Å². The van der Waals surface area contributed by atoms with E-state index in [9.17, 15) is 4.79 Å². The lowest BCUT2D eigenvalue weighted by Crippen LogP contribution is -2.53. The highest BCUT2D eigenvalue weighted by Gasteiger charge is 2.22. The summed E-state index contributed by atoms with van der Waals surface area (Å²) in [5.41, 5.74) is 0. The van der Waals surface area contributed by atoms with E-state index >= 15 is 0 Å². The summed E-state index contributed by atoms with van der Waals surface area (Å²) < 4.78 is 0. The molecule has 0 aromatic rings. The topological polar surface area (TPSA) is 32.3 Å². The Morgan fingerprint density at radius 3 is 2.75 bits per heavy atom. The largest absolute Gasteiger partial charge is 0.343 e. The van der Waals surface area contributed by atoms with Gasteiger partial charge in [-0.3, -0.25) is 9.69 Å². The van der Waals surface area contributed by atoms with Crippen LogP contribution in [-0.2, 0) is 4.79 Å². The second kappa shape index (κ2) is 2.13. The monoisotopic (exact) mass is 114 g/mol. The van der Waals surface area contributed by atoms with Gasteiger partial charge < -0.3 is 5.32 Å². The zero-order valence-corrected chi connectivity index (χ0v) is 4.92. The third-order valence-electron chi connectivity index (χ3n) is 1.55. The van der Waals surface area contributed by atoms with E-state index in [1.54, 1.807) is 0 Å². The first-order chi connectivity index (χ1) is 3.84. The van der Waals surface area contributed by atoms with Gasteiger partial charge in [0.2, 0.25) is 6.41 Å². The highest BCUT2D eigenvalue weighted by atomic mass is 16.1. The molecule has 1 saturated heterocycles. The number of nitrogens with one attached hydrogen (secondary N) is 1. The Morgan fingerprint density at radius 2 is 2.62 bits per heavy atom. The molecular weight excluding hydrogens is 104 g/mol. The number of rotatable bonds is 2. The average molecular weight is 114 g/mol. The van der Waals surface area contributed by atoms with Crippen LogP contribution in [0.25, 0.3) is 0 Å².